The number of pyridine rings is 1. The number of hydrogen-bond acceptors (Lipinski definition) is 4. The molecule has 0 radical (unpaired) electrons. The van der Waals surface area contributed by atoms with Crippen molar-refractivity contribution in [3.8, 4) is 11.3 Å². The molecule has 0 aliphatic rings. The molecule has 2 heterocycles. The minimum Gasteiger partial charge on any atom is -0.478 e. The van der Waals surface area contributed by atoms with Crippen LogP contribution in [-0.2, 0) is 6.54 Å². The van der Waals surface area contributed by atoms with Crippen molar-refractivity contribution in [2.75, 3.05) is 0 Å². The molecule has 0 saturated heterocycles. The molecular formula is C16H13N3O3S. The van der Waals surface area contributed by atoms with Crippen LogP contribution in [-0.4, -0.2) is 25.6 Å². The number of aromatic carboxylic acids is 1. The molecule has 3 rings (SSSR count). The number of nitrogens with zero attached hydrogens (tertiary/aromatic N) is 2. The first kappa shape index (κ1) is 15.1. The van der Waals surface area contributed by atoms with E-state index in [0.29, 0.717) is 12.2 Å². The quantitative estimate of drug-likeness (QED) is 0.722. The fraction of sp³-hybridized carbons (Fsp3) is 0.125. The SMILES string of the molecule is CCn1c(=S)[nH]c(=O)c2c(C(=O)O)cc(-c3ccccc3)nc21. The molecule has 0 spiro atoms. The topological polar surface area (TPSA) is 88.0 Å². The Bertz CT molecular complexity index is 1020. The number of nitrogens with one attached hydrogen (secondary N) is 1. The summed E-state index contributed by atoms with van der Waals surface area (Å²) in [4.78, 5) is 30.8. The number of benzene rings is 1. The average Bonchev–Trinajstić information content (AvgIpc) is 2.54. The van der Waals surface area contributed by atoms with Gasteiger partial charge in [-0.25, -0.2) is 9.78 Å². The molecule has 2 N–H and O–H groups in total. The Morgan fingerprint density at radius 1 is 1.35 bits per heavy atom. The van der Waals surface area contributed by atoms with Gasteiger partial charge in [0.2, 0.25) is 0 Å². The first-order chi connectivity index (χ1) is 11.0. The van der Waals surface area contributed by atoms with Gasteiger partial charge in [0, 0.05) is 12.1 Å². The third kappa shape index (κ3) is 2.55. The van der Waals surface area contributed by atoms with Crippen LogP contribution in [0.5, 0.6) is 0 Å². The van der Waals surface area contributed by atoms with Crippen LogP contribution in [0.25, 0.3) is 22.3 Å². The second kappa shape index (κ2) is 5.77. The normalized spacial score (nSPS) is 10.8. The number of aromatic nitrogens is 3. The molecule has 0 aliphatic heterocycles. The number of carbonyl (C=O) groups is 1. The Hall–Kier alpha value is -2.80. The van der Waals surface area contributed by atoms with Crippen LogP contribution in [0, 0.1) is 4.77 Å². The summed E-state index contributed by atoms with van der Waals surface area (Å²) in [5.74, 6) is -1.18. The van der Waals surface area contributed by atoms with Crippen LogP contribution in [0.4, 0.5) is 0 Å². The van der Waals surface area contributed by atoms with Crippen molar-refractivity contribution in [2.24, 2.45) is 0 Å². The fourth-order valence-electron chi connectivity index (χ4n) is 2.49. The largest absolute Gasteiger partial charge is 0.478 e. The van der Waals surface area contributed by atoms with Gasteiger partial charge in [0.1, 0.15) is 5.65 Å². The summed E-state index contributed by atoms with van der Waals surface area (Å²) in [5, 5.41) is 9.53. The van der Waals surface area contributed by atoms with E-state index in [2.05, 4.69) is 9.97 Å². The molecule has 0 saturated carbocycles. The van der Waals surface area contributed by atoms with Crippen molar-refractivity contribution >= 4 is 29.2 Å². The van der Waals surface area contributed by atoms with Crippen molar-refractivity contribution < 1.29 is 9.90 Å². The molecule has 0 aliphatic carbocycles. The van der Waals surface area contributed by atoms with Gasteiger partial charge in [0.25, 0.3) is 5.56 Å². The molecule has 1 aromatic carbocycles. The van der Waals surface area contributed by atoms with Gasteiger partial charge in [-0.1, -0.05) is 30.3 Å². The number of hydrogen-bond donors (Lipinski definition) is 2. The summed E-state index contributed by atoms with van der Waals surface area (Å²) >= 11 is 5.16. The average molecular weight is 327 g/mol. The van der Waals surface area contributed by atoms with E-state index in [1.165, 1.54) is 6.07 Å². The van der Waals surface area contributed by atoms with Crippen molar-refractivity contribution in [2.45, 2.75) is 13.5 Å². The Morgan fingerprint density at radius 3 is 2.65 bits per heavy atom. The van der Waals surface area contributed by atoms with E-state index in [0.717, 1.165) is 5.56 Å². The number of rotatable bonds is 3. The van der Waals surface area contributed by atoms with Gasteiger partial charge in [-0.15, -0.1) is 0 Å². The van der Waals surface area contributed by atoms with Crippen molar-refractivity contribution in [1.82, 2.24) is 14.5 Å². The lowest BCUT2D eigenvalue weighted by Crippen LogP contribution is -2.18. The maximum Gasteiger partial charge on any atom is 0.336 e. The van der Waals surface area contributed by atoms with E-state index < -0.39 is 11.5 Å². The van der Waals surface area contributed by atoms with Gasteiger partial charge >= 0.3 is 5.97 Å². The predicted octanol–water partition coefficient (Wildman–Crippen LogP) is 2.84. The van der Waals surface area contributed by atoms with Gasteiger partial charge in [0.15, 0.2) is 4.77 Å². The minimum absolute atomic E-state index is 0.0348. The molecule has 3 aromatic rings. The zero-order valence-corrected chi connectivity index (χ0v) is 13.1. The molecule has 7 heteroatoms. The van der Waals surface area contributed by atoms with E-state index in [1.54, 1.807) is 4.57 Å². The van der Waals surface area contributed by atoms with Gasteiger partial charge in [-0.2, -0.15) is 0 Å². The van der Waals surface area contributed by atoms with Crippen molar-refractivity contribution in [3.05, 3.63) is 57.1 Å². The standard InChI is InChI=1S/C16H13N3O3S/c1-2-19-13-12(14(20)18-16(19)23)10(15(21)22)8-11(17-13)9-6-4-3-5-7-9/h3-8H,2H2,1H3,(H,21,22)(H,18,20,23). The van der Waals surface area contributed by atoms with E-state index in [-0.39, 0.29) is 21.4 Å². The molecule has 0 amide bonds. The highest BCUT2D eigenvalue weighted by molar-refractivity contribution is 7.71. The first-order valence-corrected chi connectivity index (χ1v) is 7.40. The monoisotopic (exact) mass is 327 g/mol. The van der Waals surface area contributed by atoms with Crippen LogP contribution in [0.15, 0.2) is 41.2 Å². The number of fused-ring (bicyclic) bond motifs is 1. The highest BCUT2D eigenvalue weighted by atomic mass is 32.1. The van der Waals surface area contributed by atoms with Crippen LogP contribution in [0.1, 0.15) is 17.3 Å². The molecule has 116 valence electrons. The Morgan fingerprint density at radius 2 is 2.04 bits per heavy atom. The molecule has 2 aromatic heterocycles. The Kier molecular flexibility index (Phi) is 3.79. The number of H-pyrrole nitrogens is 1. The predicted molar refractivity (Wildman–Crippen MR) is 89.3 cm³/mol. The summed E-state index contributed by atoms with van der Waals surface area (Å²) in [7, 11) is 0. The van der Waals surface area contributed by atoms with Crippen molar-refractivity contribution in [1.29, 1.82) is 0 Å². The number of carboxylic acids is 1. The fourth-order valence-corrected chi connectivity index (χ4v) is 2.80. The molecule has 0 bridgehead atoms. The second-order valence-corrected chi connectivity index (χ2v) is 5.32. The van der Waals surface area contributed by atoms with E-state index in [1.807, 2.05) is 37.3 Å². The lowest BCUT2D eigenvalue weighted by Gasteiger charge is -2.11. The van der Waals surface area contributed by atoms with Gasteiger partial charge < -0.3 is 9.67 Å². The smallest absolute Gasteiger partial charge is 0.336 e. The van der Waals surface area contributed by atoms with E-state index in [4.69, 9.17) is 12.2 Å². The highest BCUT2D eigenvalue weighted by Gasteiger charge is 2.18. The number of aromatic amines is 1. The van der Waals surface area contributed by atoms with Crippen LogP contribution in [0.3, 0.4) is 0 Å². The lowest BCUT2D eigenvalue weighted by atomic mass is 10.1. The first-order valence-electron chi connectivity index (χ1n) is 6.99. The molecule has 0 unspecified atom stereocenters. The maximum atomic E-state index is 12.2. The van der Waals surface area contributed by atoms with Gasteiger partial charge in [-0.3, -0.25) is 9.78 Å². The lowest BCUT2D eigenvalue weighted by molar-refractivity contribution is 0.0699. The van der Waals surface area contributed by atoms with E-state index in [9.17, 15) is 14.7 Å². The van der Waals surface area contributed by atoms with Crippen LogP contribution >= 0.6 is 12.2 Å². The summed E-state index contributed by atoms with van der Waals surface area (Å²) in [6, 6.07) is 10.6. The Balaban J connectivity index is 2.50. The van der Waals surface area contributed by atoms with E-state index >= 15 is 0 Å². The number of aryl methyl sites for hydroxylation is 1. The summed E-state index contributed by atoms with van der Waals surface area (Å²) in [6.07, 6.45) is 0. The number of carboxylic acid groups (broad SMARTS) is 1. The van der Waals surface area contributed by atoms with Crippen LogP contribution < -0.4 is 5.56 Å². The maximum absolute atomic E-state index is 12.2. The van der Waals surface area contributed by atoms with Gasteiger partial charge in [-0.05, 0) is 25.2 Å². The zero-order valence-electron chi connectivity index (χ0n) is 12.2. The summed E-state index contributed by atoms with van der Waals surface area (Å²) in [5.41, 5.74) is 0.898. The summed E-state index contributed by atoms with van der Waals surface area (Å²) < 4.78 is 1.84. The molecule has 6 nitrogen and oxygen atoms in total. The van der Waals surface area contributed by atoms with Crippen molar-refractivity contribution in [3.63, 3.8) is 0 Å². The molecule has 0 atom stereocenters. The molecule has 0 fully saturated rings. The second-order valence-electron chi connectivity index (χ2n) is 4.93. The van der Waals surface area contributed by atoms with Gasteiger partial charge in [0.05, 0.1) is 16.6 Å². The zero-order chi connectivity index (χ0) is 16.6. The highest BCUT2D eigenvalue weighted by Crippen LogP contribution is 2.23. The summed E-state index contributed by atoms with van der Waals surface area (Å²) in [6.45, 7) is 2.32. The third-order valence-corrected chi connectivity index (χ3v) is 3.89. The molecule has 23 heavy (non-hydrogen) atoms. The minimum atomic E-state index is -1.18. The third-order valence-electron chi connectivity index (χ3n) is 3.56. The Labute approximate surface area is 136 Å². The molecular weight excluding hydrogens is 314 g/mol. The van der Waals surface area contributed by atoms with Crippen LogP contribution in [0.2, 0.25) is 0 Å².